The number of rotatable bonds is 5. The molecule has 132 valence electrons. The minimum atomic E-state index is -0.272. The third-order valence-corrected chi connectivity index (χ3v) is 4.55. The van der Waals surface area contributed by atoms with E-state index in [1.54, 1.807) is 0 Å². The van der Waals surface area contributed by atoms with Crippen LogP contribution in [0.1, 0.15) is 53.7 Å². The second-order valence-electron chi connectivity index (χ2n) is 6.60. The van der Waals surface area contributed by atoms with Gasteiger partial charge in [-0.3, -0.25) is 9.78 Å². The molecule has 0 aliphatic heterocycles. The number of carbonyl (C=O) groups is 1. The normalized spacial score (nSPS) is 14.8. The Labute approximate surface area is 151 Å². The van der Waals surface area contributed by atoms with Crippen LogP contribution in [-0.2, 0) is 0 Å². The number of amides is 1. The van der Waals surface area contributed by atoms with Gasteiger partial charge >= 0.3 is 0 Å². The van der Waals surface area contributed by atoms with E-state index in [-0.39, 0.29) is 11.9 Å². The fourth-order valence-corrected chi connectivity index (χ4v) is 2.97. The van der Waals surface area contributed by atoms with Gasteiger partial charge in [0.2, 0.25) is 0 Å². The van der Waals surface area contributed by atoms with Gasteiger partial charge in [0.05, 0.1) is 29.0 Å². The molecule has 1 aliphatic carbocycles. The molecule has 1 atom stereocenters. The maximum atomic E-state index is 12.7. The van der Waals surface area contributed by atoms with Crippen LogP contribution in [0.15, 0.2) is 42.5 Å². The molecule has 3 aromatic rings. The summed E-state index contributed by atoms with van der Waals surface area (Å²) in [6.07, 6.45) is 2.17. The van der Waals surface area contributed by atoms with Crippen molar-refractivity contribution in [2.75, 3.05) is 0 Å². The summed E-state index contributed by atoms with van der Waals surface area (Å²) in [5.74, 6) is 0.514. The van der Waals surface area contributed by atoms with Gasteiger partial charge in [-0.2, -0.15) is 0 Å². The van der Waals surface area contributed by atoms with E-state index in [0.717, 1.165) is 24.1 Å². The third kappa shape index (κ3) is 3.20. The van der Waals surface area contributed by atoms with Gasteiger partial charge in [0.15, 0.2) is 5.82 Å². The Kier molecular flexibility index (Phi) is 4.20. The van der Waals surface area contributed by atoms with Crippen LogP contribution in [0.3, 0.4) is 0 Å². The van der Waals surface area contributed by atoms with Crippen LogP contribution in [0.5, 0.6) is 0 Å². The Morgan fingerprint density at radius 1 is 1.19 bits per heavy atom. The van der Waals surface area contributed by atoms with Crippen molar-refractivity contribution in [2.24, 2.45) is 0 Å². The Hall–Kier alpha value is -3.09. The van der Waals surface area contributed by atoms with Crippen molar-refractivity contribution in [2.45, 2.75) is 38.8 Å². The minimum absolute atomic E-state index is 0.174. The molecule has 0 radical (unpaired) electrons. The van der Waals surface area contributed by atoms with Crippen molar-refractivity contribution >= 4 is 5.91 Å². The monoisotopic (exact) mass is 348 g/mol. The average molecular weight is 348 g/mol. The zero-order chi connectivity index (χ0) is 18.1. The first-order valence-electron chi connectivity index (χ1n) is 8.75. The maximum absolute atomic E-state index is 12.7. The first-order chi connectivity index (χ1) is 12.6. The summed E-state index contributed by atoms with van der Waals surface area (Å²) in [4.78, 5) is 17.3. The van der Waals surface area contributed by atoms with E-state index in [1.165, 1.54) is 0 Å². The van der Waals surface area contributed by atoms with Crippen LogP contribution >= 0.6 is 0 Å². The summed E-state index contributed by atoms with van der Waals surface area (Å²) < 4.78 is 1.81. The lowest BCUT2D eigenvalue weighted by atomic mass is 10.1. The SMILES string of the molecule is Cc1nc(-c2ccccc2)ccc1C(=O)NC(C)c1nnnn1C1CC1. The molecule has 7 nitrogen and oxygen atoms in total. The van der Waals surface area contributed by atoms with Gasteiger partial charge in [0.1, 0.15) is 0 Å². The van der Waals surface area contributed by atoms with Crippen LogP contribution < -0.4 is 5.32 Å². The largest absolute Gasteiger partial charge is 0.342 e. The van der Waals surface area contributed by atoms with Crippen LogP contribution in [-0.4, -0.2) is 31.1 Å². The van der Waals surface area contributed by atoms with E-state index >= 15 is 0 Å². The van der Waals surface area contributed by atoms with E-state index in [0.29, 0.717) is 23.1 Å². The van der Waals surface area contributed by atoms with E-state index in [4.69, 9.17) is 0 Å². The second-order valence-corrected chi connectivity index (χ2v) is 6.60. The molecule has 1 aliphatic rings. The van der Waals surface area contributed by atoms with E-state index in [9.17, 15) is 4.79 Å². The molecule has 1 fully saturated rings. The highest BCUT2D eigenvalue weighted by Crippen LogP contribution is 2.35. The molecule has 1 saturated carbocycles. The number of pyridine rings is 1. The quantitative estimate of drug-likeness (QED) is 0.766. The van der Waals surface area contributed by atoms with Gasteiger partial charge in [0.25, 0.3) is 5.91 Å². The molecule has 1 aromatic carbocycles. The lowest BCUT2D eigenvalue weighted by Crippen LogP contribution is -2.29. The topological polar surface area (TPSA) is 85.6 Å². The molecule has 1 unspecified atom stereocenters. The lowest BCUT2D eigenvalue weighted by molar-refractivity contribution is 0.0936. The highest BCUT2D eigenvalue weighted by molar-refractivity contribution is 5.95. The van der Waals surface area contributed by atoms with Crippen molar-refractivity contribution in [3.8, 4) is 11.3 Å². The highest BCUT2D eigenvalue weighted by atomic mass is 16.1. The Balaban J connectivity index is 1.52. The Morgan fingerprint density at radius 2 is 1.96 bits per heavy atom. The zero-order valence-corrected chi connectivity index (χ0v) is 14.8. The predicted octanol–water partition coefficient (Wildman–Crippen LogP) is 2.87. The molecule has 2 aromatic heterocycles. The molecular formula is C19H20N6O. The van der Waals surface area contributed by atoms with Gasteiger partial charge < -0.3 is 5.32 Å². The molecule has 0 spiro atoms. The number of carbonyl (C=O) groups excluding carboxylic acids is 1. The van der Waals surface area contributed by atoms with Crippen molar-refractivity contribution in [1.29, 1.82) is 0 Å². The number of aryl methyl sites for hydroxylation is 1. The lowest BCUT2D eigenvalue weighted by Gasteiger charge is -2.14. The summed E-state index contributed by atoms with van der Waals surface area (Å²) in [5, 5.41) is 14.8. The van der Waals surface area contributed by atoms with Crippen molar-refractivity contribution < 1.29 is 4.79 Å². The summed E-state index contributed by atoms with van der Waals surface area (Å²) in [5.41, 5.74) is 3.13. The molecule has 1 N–H and O–H groups in total. The van der Waals surface area contributed by atoms with Gasteiger partial charge in [-0.15, -0.1) is 5.10 Å². The minimum Gasteiger partial charge on any atom is -0.342 e. The molecule has 7 heteroatoms. The highest BCUT2D eigenvalue weighted by Gasteiger charge is 2.30. The first-order valence-corrected chi connectivity index (χ1v) is 8.75. The van der Waals surface area contributed by atoms with Crippen LogP contribution in [0, 0.1) is 6.92 Å². The van der Waals surface area contributed by atoms with Gasteiger partial charge in [-0.05, 0) is 49.2 Å². The van der Waals surface area contributed by atoms with Gasteiger partial charge in [-0.1, -0.05) is 30.3 Å². The third-order valence-electron chi connectivity index (χ3n) is 4.55. The number of aromatic nitrogens is 5. The van der Waals surface area contributed by atoms with Gasteiger partial charge in [0, 0.05) is 5.56 Å². The number of benzene rings is 1. The smallest absolute Gasteiger partial charge is 0.253 e. The van der Waals surface area contributed by atoms with Crippen LogP contribution in [0.4, 0.5) is 0 Å². The average Bonchev–Trinajstić information content (AvgIpc) is 3.38. The van der Waals surface area contributed by atoms with Crippen molar-refractivity contribution in [1.82, 2.24) is 30.5 Å². The van der Waals surface area contributed by atoms with Crippen LogP contribution in [0.25, 0.3) is 11.3 Å². The molecule has 1 amide bonds. The summed E-state index contributed by atoms with van der Waals surface area (Å²) in [6, 6.07) is 13.7. The summed E-state index contributed by atoms with van der Waals surface area (Å²) in [6.45, 7) is 3.74. The predicted molar refractivity (Wildman–Crippen MR) is 96.4 cm³/mol. The number of nitrogens with one attached hydrogen (secondary N) is 1. The van der Waals surface area contributed by atoms with E-state index in [1.807, 2.05) is 61.0 Å². The molecule has 0 saturated heterocycles. The number of hydrogen-bond donors (Lipinski definition) is 1. The molecule has 4 rings (SSSR count). The second kappa shape index (κ2) is 6.67. The first kappa shape index (κ1) is 16.4. The zero-order valence-electron chi connectivity index (χ0n) is 14.8. The molecular weight excluding hydrogens is 328 g/mol. The fraction of sp³-hybridized carbons (Fsp3) is 0.316. The Bertz CT molecular complexity index is 932. The maximum Gasteiger partial charge on any atom is 0.253 e. The van der Waals surface area contributed by atoms with Crippen molar-refractivity contribution in [3.63, 3.8) is 0 Å². The summed E-state index contributed by atoms with van der Waals surface area (Å²) >= 11 is 0. The van der Waals surface area contributed by atoms with Crippen LogP contribution in [0.2, 0.25) is 0 Å². The Morgan fingerprint density at radius 3 is 2.65 bits per heavy atom. The molecule has 26 heavy (non-hydrogen) atoms. The number of tetrazole rings is 1. The molecule has 2 heterocycles. The molecule has 0 bridgehead atoms. The van der Waals surface area contributed by atoms with Crippen molar-refractivity contribution in [3.05, 3.63) is 59.5 Å². The number of nitrogens with zero attached hydrogens (tertiary/aromatic N) is 5. The van der Waals surface area contributed by atoms with E-state index < -0.39 is 0 Å². The summed E-state index contributed by atoms with van der Waals surface area (Å²) in [7, 11) is 0. The van der Waals surface area contributed by atoms with E-state index in [2.05, 4.69) is 25.8 Å². The standard InChI is InChI=1S/C19H20N6O/c1-12-16(10-11-17(20-12)14-6-4-3-5-7-14)19(26)21-13(2)18-22-23-24-25(18)15-8-9-15/h3-7,10-11,13,15H,8-9H2,1-2H3,(H,21,26). The number of hydrogen-bond acceptors (Lipinski definition) is 5. The fourth-order valence-electron chi connectivity index (χ4n) is 2.97. The van der Waals surface area contributed by atoms with Gasteiger partial charge in [-0.25, -0.2) is 4.68 Å².